The molecule has 17 heteroatoms. The van der Waals surface area contributed by atoms with Crippen molar-refractivity contribution in [2.24, 2.45) is 0 Å². The number of ether oxygens (including phenoxy) is 3. The van der Waals surface area contributed by atoms with E-state index in [-0.39, 0.29) is 83.6 Å². The number of carboxylic acid groups (broad SMARTS) is 2. The summed E-state index contributed by atoms with van der Waals surface area (Å²) in [7, 11) is 4.83. The fraction of sp³-hybridized carbons (Fsp3) is 0.422. The number of aromatic nitrogens is 1. The Balaban J connectivity index is 1.09. The molecule has 3 aromatic carbocycles. The first-order valence-electron chi connectivity index (χ1n) is 20.6. The molecule has 5 rings (SSSR count). The molecule has 2 atom stereocenters. The van der Waals surface area contributed by atoms with Gasteiger partial charge < -0.3 is 44.5 Å². The standard InChI is InChI=1S/C45H56N6O11/c1-30(44(57)58)49(3)41(53)20-23-60-25-26-61-24-21-46-43(56)38(17-18-42(54)55)47-40(52)19-22-51-32(27-31-11-5-10-16-39(31)51)28-48(2)50(4)45(59)62-29-37-35-14-8-6-12-33(35)34-13-7-9-15-36(34)37/h5-16,27,30,37-38H,17-26,28-29H2,1-4H3,(H,46,56)(H,47,52)(H,54,55)(H,57,58). The maximum Gasteiger partial charge on any atom is 0.424 e. The zero-order chi connectivity index (χ0) is 44.8. The average molecular weight is 857 g/mol. The van der Waals surface area contributed by atoms with Crippen LogP contribution in [0.25, 0.3) is 22.0 Å². The summed E-state index contributed by atoms with van der Waals surface area (Å²) in [4.78, 5) is 75.5. The van der Waals surface area contributed by atoms with Crippen LogP contribution in [-0.4, -0.2) is 138 Å². The largest absolute Gasteiger partial charge is 0.481 e. The second-order valence-corrected chi connectivity index (χ2v) is 15.1. The van der Waals surface area contributed by atoms with Crippen molar-refractivity contribution in [1.29, 1.82) is 0 Å². The lowest BCUT2D eigenvalue weighted by atomic mass is 9.98. The van der Waals surface area contributed by atoms with E-state index >= 15 is 0 Å². The molecule has 1 aliphatic carbocycles. The number of nitrogens with one attached hydrogen (secondary N) is 2. The van der Waals surface area contributed by atoms with Crippen LogP contribution in [0.1, 0.15) is 55.3 Å². The number of carbonyl (C=O) groups is 6. The minimum absolute atomic E-state index is 0.0114. The third-order valence-electron chi connectivity index (χ3n) is 11.0. The van der Waals surface area contributed by atoms with E-state index < -0.39 is 41.9 Å². The Morgan fingerprint density at radius 2 is 1.42 bits per heavy atom. The number of carboxylic acids is 2. The number of nitrogens with zero attached hydrogens (tertiary/aromatic N) is 4. The van der Waals surface area contributed by atoms with Gasteiger partial charge in [-0.3, -0.25) is 19.2 Å². The van der Waals surface area contributed by atoms with E-state index in [1.54, 1.807) is 19.1 Å². The number of para-hydroxylation sites is 1. The van der Waals surface area contributed by atoms with Gasteiger partial charge in [-0.05, 0) is 53.1 Å². The molecule has 1 heterocycles. The summed E-state index contributed by atoms with van der Waals surface area (Å²) in [5.41, 5.74) is 6.23. The molecule has 4 aromatic rings. The first-order valence-corrected chi connectivity index (χ1v) is 20.6. The zero-order valence-corrected chi connectivity index (χ0v) is 35.6. The Kier molecular flexibility index (Phi) is 17.0. The van der Waals surface area contributed by atoms with E-state index in [9.17, 15) is 33.9 Å². The van der Waals surface area contributed by atoms with Gasteiger partial charge in [-0.2, -0.15) is 0 Å². The quantitative estimate of drug-likeness (QED) is 0.0581. The second kappa shape index (κ2) is 22.5. The first kappa shape index (κ1) is 46.8. The van der Waals surface area contributed by atoms with Gasteiger partial charge in [-0.1, -0.05) is 66.7 Å². The van der Waals surface area contributed by atoms with E-state index in [0.717, 1.165) is 43.8 Å². The number of carbonyl (C=O) groups excluding carboxylic acids is 4. The molecule has 1 aromatic heterocycles. The number of fused-ring (bicyclic) bond motifs is 4. The van der Waals surface area contributed by atoms with E-state index in [1.807, 2.05) is 59.2 Å². The molecule has 62 heavy (non-hydrogen) atoms. The number of hydrazine groups is 1. The van der Waals surface area contributed by atoms with Crippen molar-refractivity contribution in [3.05, 3.63) is 95.7 Å². The van der Waals surface area contributed by atoms with Crippen molar-refractivity contribution in [3.63, 3.8) is 0 Å². The Bertz CT molecular complexity index is 2160. The number of benzene rings is 3. The number of amides is 4. The third kappa shape index (κ3) is 12.4. The molecule has 0 saturated carbocycles. The normalized spacial score (nSPS) is 12.9. The van der Waals surface area contributed by atoms with E-state index in [1.165, 1.54) is 19.0 Å². The summed E-state index contributed by atoms with van der Waals surface area (Å²) < 4.78 is 18.7. The number of hydrogen-bond acceptors (Lipinski definition) is 10. The minimum Gasteiger partial charge on any atom is -0.481 e. The highest BCUT2D eigenvalue weighted by atomic mass is 16.6. The van der Waals surface area contributed by atoms with Crippen LogP contribution >= 0.6 is 0 Å². The van der Waals surface area contributed by atoms with Gasteiger partial charge in [0.25, 0.3) is 0 Å². The number of likely N-dealkylation sites (N-methyl/N-ethyl adjacent to an activating group) is 1. The van der Waals surface area contributed by atoms with Crippen molar-refractivity contribution in [1.82, 2.24) is 30.1 Å². The Labute approximate surface area is 360 Å². The predicted octanol–water partition coefficient (Wildman–Crippen LogP) is 4.08. The van der Waals surface area contributed by atoms with Gasteiger partial charge in [0, 0.05) is 64.2 Å². The summed E-state index contributed by atoms with van der Waals surface area (Å²) >= 11 is 0. The zero-order valence-electron chi connectivity index (χ0n) is 35.6. The number of aliphatic carboxylic acids is 2. The summed E-state index contributed by atoms with van der Waals surface area (Å²) in [6.45, 7) is 2.76. The summed E-state index contributed by atoms with van der Waals surface area (Å²) in [6, 6.07) is 23.9. The van der Waals surface area contributed by atoms with Gasteiger partial charge in [-0.15, -0.1) is 0 Å². The van der Waals surface area contributed by atoms with E-state index in [0.29, 0.717) is 6.54 Å². The Morgan fingerprint density at radius 3 is 2.08 bits per heavy atom. The van der Waals surface area contributed by atoms with Gasteiger partial charge >= 0.3 is 18.0 Å². The molecular formula is C45H56N6O11. The maximum atomic E-state index is 13.4. The first-order chi connectivity index (χ1) is 29.8. The van der Waals surface area contributed by atoms with E-state index in [4.69, 9.17) is 19.3 Å². The molecule has 332 valence electrons. The van der Waals surface area contributed by atoms with Crippen molar-refractivity contribution in [2.75, 3.05) is 60.7 Å². The smallest absolute Gasteiger partial charge is 0.424 e. The molecule has 0 bridgehead atoms. The highest BCUT2D eigenvalue weighted by molar-refractivity contribution is 5.88. The fourth-order valence-electron chi connectivity index (χ4n) is 7.26. The van der Waals surface area contributed by atoms with Crippen LogP contribution in [0.4, 0.5) is 4.79 Å². The SMILES string of the molecule is CC(C(=O)O)N(C)C(=O)CCOCCOCCNC(=O)C(CCC(=O)O)NC(=O)CCn1c(CN(C)N(C)C(=O)OCC2c3ccccc3-c3ccccc32)cc2ccccc21. The van der Waals surface area contributed by atoms with Gasteiger partial charge in [0.15, 0.2) is 0 Å². The lowest BCUT2D eigenvalue weighted by Gasteiger charge is -2.28. The molecule has 0 saturated heterocycles. The molecule has 17 nitrogen and oxygen atoms in total. The predicted molar refractivity (Wildman–Crippen MR) is 229 cm³/mol. The fourth-order valence-corrected chi connectivity index (χ4v) is 7.26. The lowest BCUT2D eigenvalue weighted by molar-refractivity contribution is -0.148. The second-order valence-electron chi connectivity index (χ2n) is 15.1. The van der Waals surface area contributed by atoms with Crippen LogP contribution in [0.15, 0.2) is 78.9 Å². The van der Waals surface area contributed by atoms with Crippen molar-refractivity contribution in [2.45, 2.75) is 63.7 Å². The van der Waals surface area contributed by atoms with E-state index in [2.05, 4.69) is 34.9 Å². The highest BCUT2D eigenvalue weighted by Crippen LogP contribution is 2.44. The number of hydrogen-bond donors (Lipinski definition) is 4. The molecular weight excluding hydrogens is 801 g/mol. The van der Waals surface area contributed by atoms with Crippen LogP contribution < -0.4 is 10.6 Å². The molecule has 4 N–H and O–H groups in total. The molecule has 2 unspecified atom stereocenters. The monoisotopic (exact) mass is 856 g/mol. The molecule has 0 spiro atoms. The van der Waals surface area contributed by atoms with Crippen molar-refractivity contribution in [3.8, 4) is 11.1 Å². The van der Waals surface area contributed by atoms with Crippen molar-refractivity contribution < 1.29 is 53.2 Å². The Hall–Kier alpha value is -6.30. The van der Waals surface area contributed by atoms with Crippen LogP contribution in [0.5, 0.6) is 0 Å². The summed E-state index contributed by atoms with van der Waals surface area (Å²) in [5, 5.41) is 27.8. The number of rotatable bonds is 24. The van der Waals surface area contributed by atoms with Crippen LogP contribution in [0, 0.1) is 0 Å². The summed E-state index contributed by atoms with van der Waals surface area (Å²) in [6.07, 6.45) is -0.973. The molecule has 0 aliphatic heterocycles. The molecule has 4 amide bonds. The van der Waals surface area contributed by atoms with Crippen LogP contribution in [-0.2, 0) is 51.3 Å². The van der Waals surface area contributed by atoms with Gasteiger partial charge in [0.05, 0.1) is 39.4 Å². The lowest BCUT2D eigenvalue weighted by Crippen LogP contribution is -2.47. The average Bonchev–Trinajstić information content (AvgIpc) is 3.78. The topological polar surface area (TPSA) is 209 Å². The van der Waals surface area contributed by atoms with Gasteiger partial charge in [0.1, 0.15) is 18.7 Å². The third-order valence-corrected chi connectivity index (χ3v) is 11.0. The van der Waals surface area contributed by atoms with Crippen molar-refractivity contribution >= 4 is 46.7 Å². The van der Waals surface area contributed by atoms with Crippen LogP contribution in [0.3, 0.4) is 0 Å². The van der Waals surface area contributed by atoms with Gasteiger partial charge in [0.2, 0.25) is 17.7 Å². The minimum atomic E-state index is -1.11. The molecule has 0 radical (unpaired) electrons. The molecule has 1 aliphatic rings. The maximum absolute atomic E-state index is 13.4. The number of aryl methyl sites for hydroxylation is 1. The van der Waals surface area contributed by atoms with Gasteiger partial charge in [-0.25, -0.2) is 19.6 Å². The van der Waals surface area contributed by atoms with Crippen LogP contribution in [0.2, 0.25) is 0 Å². The molecule has 0 fully saturated rings. The highest BCUT2D eigenvalue weighted by Gasteiger charge is 2.30. The summed E-state index contributed by atoms with van der Waals surface area (Å²) in [5.74, 6) is -3.66. The Morgan fingerprint density at radius 1 is 0.790 bits per heavy atom.